The highest BCUT2D eigenvalue weighted by Crippen LogP contribution is 2.44. The quantitative estimate of drug-likeness (QED) is 0.470. The van der Waals surface area contributed by atoms with Crippen molar-refractivity contribution in [1.82, 2.24) is 10.6 Å². The molecule has 0 aliphatic heterocycles. The summed E-state index contributed by atoms with van der Waals surface area (Å²) in [5.41, 5.74) is 3.81. The van der Waals surface area contributed by atoms with Crippen LogP contribution in [0.1, 0.15) is 49.1 Å². The van der Waals surface area contributed by atoms with Gasteiger partial charge in [-0.1, -0.05) is 48.5 Å². The minimum absolute atomic E-state index is 0.0644. The Morgan fingerprint density at radius 1 is 1.09 bits per heavy atom. The first-order valence-corrected chi connectivity index (χ1v) is 13.0. The number of fused-ring (bicyclic) bond motifs is 3. The van der Waals surface area contributed by atoms with Crippen LogP contribution in [0.15, 0.2) is 48.5 Å². The molecule has 0 unspecified atom stereocenters. The van der Waals surface area contributed by atoms with Crippen LogP contribution in [0.4, 0.5) is 4.79 Å². The van der Waals surface area contributed by atoms with E-state index in [4.69, 9.17) is 4.74 Å². The van der Waals surface area contributed by atoms with E-state index in [0.29, 0.717) is 25.0 Å². The van der Waals surface area contributed by atoms with Crippen LogP contribution in [-0.2, 0) is 14.3 Å². The number of hydrogen-bond acceptors (Lipinski definition) is 5. The molecule has 7 nitrogen and oxygen atoms in total. The van der Waals surface area contributed by atoms with Crippen LogP contribution >= 0.6 is 11.8 Å². The van der Waals surface area contributed by atoms with Gasteiger partial charge in [0, 0.05) is 5.92 Å². The summed E-state index contributed by atoms with van der Waals surface area (Å²) in [5.74, 6) is -0.688. The zero-order valence-electron chi connectivity index (χ0n) is 19.2. The lowest BCUT2D eigenvalue weighted by Crippen LogP contribution is -2.59. The molecule has 34 heavy (non-hydrogen) atoms. The van der Waals surface area contributed by atoms with Crippen LogP contribution in [0.5, 0.6) is 0 Å². The maximum Gasteiger partial charge on any atom is 0.407 e. The number of amides is 2. The highest BCUT2D eigenvalue weighted by Gasteiger charge is 2.41. The normalized spacial score (nSPS) is 16.5. The summed E-state index contributed by atoms with van der Waals surface area (Å²) in [6.07, 6.45) is 3.74. The molecule has 0 heterocycles. The second-order valence-corrected chi connectivity index (χ2v) is 9.98. The van der Waals surface area contributed by atoms with E-state index in [1.807, 2.05) is 30.5 Å². The molecule has 2 aromatic carbocycles. The Hall–Kier alpha value is -3.00. The lowest BCUT2D eigenvalue weighted by Gasteiger charge is -2.42. The number of thioether (sulfide) groups is 1. The van der Waals surface area contributed by atoms with E-state index in [1.54, 1.807) is 11.8 Å². The minimum atomic E-state index is -0.940. The van der Waals surface area contributed by atoms with Gasteiger partial charge in [-0.05, 0) is 59.9 Å². The third-order valence-electron chi connectivity index (χ3n) is 6.75. The van der Waals surface area contributed by atoms with Crippen molar-refractivity contribution in [3.63, 3.8) is 0 Å². The number of hydrogen-bond donors (Lipinski definition) is 3. The molecule has 0 radical (unpaired) electrons. The van der Waals surface area contributed by atoms with E-state index in [0.717, 1.165) is 28.7 Å². The molecule has 1 fully saturated rings. The minimum Gasteiger partial charge on any atom is -0.481 e. The molecule has 1 atom stereocenters. The summed E-state index contributed by atoms with van der Waals surface area (Å²) in [6, 6.07) is 15.4. The predicted octanol–water partition coefficient (Wildman–Crippen LogP) is 4.16. The molecular formula is C26H30N2O5S. The molecule has 2 aliphatic rings. The van der Waals surface area contributed by atoms with Gasteiger partial charge in [-0.3, -0.25) is 9.59 Å². The van der Waals surface area contributed by atoms with E-state index in [-0.39, 0.29) is 24.9 Å². The number of carboxylic acids is 1. The maximum absolute atomic E-state index is 13.0. The average Bonchev–Trinajstić information content (AvgIpc) is 3.12. The topological polar surface area (TPSA) is 105 Å². The fourth-order valence-electron chi connectivity index (χ4n) is 4.87. The Morgan fingerprint density at radius 3 is 2.24 bits per heavy atom. The van der Waals surface area contributed by atoms with Gasteiger partial charge in [0.25, 0.3) is 0 Å². The molecule has 0 saturated heterocycles. The first-order chi connectivity index (χ1) is 16.4. The van der Waals surface area contributed by atoms with Crippen molar-refractivity contribution in [3.8, 4) is 11.1 Å². The van der Waals surface area contributed by atoms with Crippen molar-refractivity contribution in [2.24, 2.45) is 0 Å². The van der Waals surface area contributed by atoms with Gasteiger partial charge in [-0.25, -0.2) is 4.79 Å². The van der Waals surface area contributed by atoms with E-state index in [1.165, 1.54) is 0 Å². The molecule has 2 aromatic rings. The van der Waals surface area contributed by atoms with Gasteiger partial charge >= 0.3 is 12.1 Å². The molecule has 8 heteroatoms. The number of nitrogens with one attached hydrogen (secondary N) is 2. The molecule has 0 aromatic heterocycles. The lowest BCUT2D eigenvalue weighted by atomic mass is 9.74. The Bertz CT molecular complexity index is 1020. The zero-order valence-corrected chi connectivity index (χ0v) is 20.0. The lowest BCUT2D eigenvalue weighted by molar-refractivity contribution is -0.140. The summed E-state index contributed by atoms with van der Waals surface area (Å²) < 4.78 is 5.60. The third-order valence-corrected chi connectivity index (χ3v) is 7.40. The molecule has 180 valence electrons. The van der Waals surface area contributed by atoms with Crippen LogP contribution in [0.2, 0.25) is 0 Å². The van der Waals surface area contributed by atoms with Crippen molar-refractivity contribution in [2.45, 2.75) is 49.6 Å². The molecule has 0 spiro atoms. The van der Waals surface area contributed by atoms with Crippen molar-refractivity contribution in [2.75, 3.05) is 18.6 Å². The number of carboxylic acid groups (broad SMARTS) is 1. The Balaban J connectivity index is 1.40. The number of alkyl carbamates (subject to hydrolysis) is 1. The molecule has 2 aliphatic carbocycles. The first kappa shape index (κ1) is 24.1. The number of benzene rings is 2. The Kier molecular flexibility index (Phi) is 7.46. The fraction of sp³-hybridized carbons (Fsp3) is 0.423. The van der Waals surface area contributed by atoms with Crippen LogP contribution < -0.4 is 10.6 Å². The van der Waals surface area contributed by atoms with Gasteiger partial charge in [0.1, 0.15) is 12.6 Å². The smallest absolute Gasteiger partial charge is 0.407 e. The Labute approximate surface area is 203 Å². The van der Waals surface area contributed by atoms with Crippen LogP contribution in [0.25, 0.3) is 11.1 Å². The number of aliphatic carboxylic acids is 1. The average molecular weight is 483 g/mol. The number of carbonyl (C=O) groups excluding carboxylic acids is 2. The second kappa shape index (κ2) is 10.5. The molecule has 3 N–H and O–H groups in total. The second-order valence-electron chi connectivity index (χ2n) is 9.00. The number of rotatable bonds is 10. The summed E-state index contributed by atoms with van der Waals surface area (Å²) >= 11 is 1.57. The molecular weight excluding hydrogens is 452 g/mol. The summed E-state index contributed by atoms with van der Waals surface area (Å²) in [4.78, 5) is 36.9. The van der Waals surface area contributed by atoms with Crippen LogP contribution in [0.3, 0.4) is 0 Å². The summed E-state index contributed by atoms with van der Waals surface area (Å²) in [7, 11) is 0. The number of ether oxygens (including phenoxy) is 1. The monoisotopic (exact) mass is 482 g/mol. The maximum atomic E-state index is 13.0. The fourth-order valence-corrected chi connectivity index (χ4v) is 5.35. The van der Waals surface area contributed by atoms with Crippen molar-refractivity contribution < 1.29 is 24.2 Å². The summed E-state index contributed by atoms with van der Waals surface area (Å²) in [5, 5.41) is 14.8. The van der Waals surface area contributed by atoms with Gasteiger partial charge < -0.3 is 20.5 Å². The van der Waals surface area contributed by atoms with Gasteiger partial charge in [0.2, 0.25) is 5.91 Å². The third kappa shape index (κ3) is 5.22. The van der Waals surface area contributed by atoms with E-state index >= 15 is 0 Å². The molecule has 4 rings (SSSR count). The van der Waals surface area contributed by atoms with Gasteiger partial charge in [-0.2, -0.15) is 11.8 Å². The Morgan fingerprint density at radius 2 is 1.71 bits per heavy atom. The molecule has 0 bridgehead atoms. The van der Waals surface area contributed by atoms with E-state index < -0.39 is 23.6 Å². The highest BCUT2D eigenvalue weighted by atomic mass is 32.2. The standard InChI is InChI=1S/C26H30N2O5S/c1-34-14-11-22(24(31)28-26(12-6-13-26)15-23(29)30)27-25(32)33-16-21-19-9-4-2-7-17(19)18-8-3-5-10-20(18)21/h2-5,7-10,21-22H,6,11-16H2,1H3,(H,27,32)(H,28,31)(H,29,30)/t22-/m0/s1. The van der Waals surface area contributed by atoms with Crippen molar-refractivity contribution >= 4 is 29.7 Å². The van der Waals surface area contributed by atoms with Crippen molar-refractivity contribution in [3.05, 3.63) is 59.7 Å². The van der Waals surface area contributed by atoms with Gasteiger partial charge in [0.05, 0.1) is 12.0 Å². The van der Waals surface area contributed by atoms with E-state index in [9.17, 15) is 19.5 Å². The van der Waals surface area contributed by atoms with E-state index in [2.05, 4.69) is 34.9 Å². The predicted molar refractivity (Wildman–Crippen MR) is 132 cm³/mol. The molecule has 2 amide bonds. The van der Waals surface area contributed by atoms with Gasteiger partial charge in [-0.15, -0.1) is 0 Å². The van der Waals surface area contributed by atoms with Crippen molar-refractivity contribution in [1.29, 1.82) is 0 Å². The first-order valence-electron chi connectivity index (χ1n) is 11.6. The van der Waals surface area contributed by atoms with Crippen LogP contribution in [-0.4, -0.2) is 53.3 Å². The molecule has 1 saturated carbocycles. The highest BCUT2D eigenvalue weighted by molar-refractivity contribution is 7.98. The van der Waals surface area contributed by atoms with Crippen LogP contribution in [0, 0.1) is 0 Å². The van der Waals surface area contributed by atoms with Gasteiger partial charge in [0.15, 0.2) is 0 Å². The summed E-state index contributed by atoms with van der Waals surface area (Å²) in [6.45, 7) is 0.166. The zero-order chi connectivity index (χ0) is 24.1. The largest absolute Gasteiger partial charge is 0.481 e. The SMILES string of the molecule is CSCC[C@H](NC(=O)OCC1c2ccccc2-c2ccccc21)C(=O)NC1(CC(=O)O)CCC1. The number of carbonyl (C=O) groups is 3.